The number of rotatable bonds is 8. The van der Waals surface area contributed by atoms with E-state index in [0.717, 1.165) is 35.2 Å². The first-order valence-electron chi connectivity index (χ1n) is 15.4. The van der Waals surface area contributed by atoms with E-state index < -0.39 is 58.0 Å². The van der Waals surface area contributed by atoms with Crippen LogP contribution in [0.5, 0.6) is 11.5 Å². The molecule has 0 aliphatic heterocycles. The lowest BCUT2D eigenvalue weighted by atomic mass is 9.57. The number of carbonyl (C=O) groups is 3. The minimum atomic E-state index is -2.67. The average molecular weight is 640 g/mol. The highest BCUT2D eigenvalue weighted by molar-refractivity contribution is 6.24. The summed E-state index contributed by atoms with van der Waals surface area (Å²) in [6, 6.07) is 17.0. The normalized spacial score (nSPS) is 23.9. The Balaban J connectivity index is 1.31. The molecule has 47 heavy (non-hydrogen) atoms. The van der Waals surface area contributed by atoms with Gasteiger partial charge in [-0.2, -0.15) is 0 Å². The number of phenols is 2. The summed E-state index contributed by atoms with van der Waals surface area (Å²) in [5.74, 6) is -6.54. The topological polar surface area (TPSA) is 194 Å². The maximum atomic E-state index is 14.1. The molecular formula is C36H37N3O8. The quantitative estimate of drug-likeness (QED) is 0.142. The fraction of sp³-hybridized carbons (Fsp3) is 0.306. The molecule has 0 unspecified atom stereocenters. The number of nitrogens with two attached hydrogens (primary N) is 1. The molecule has 0 spiro atoms. The van der Waals surface area contributed by atoms with E-state index in [0.29, 0.717) is 12.1 Å². The van der Waals surface area contributed by atoms with Crippen molar-refractivity contribution >= 4 is 23.2 Å². The zero-order valence-electron chi connectivity index (χ0n) is 26.0. The predicted molar refractivity (Wildman–Crippen MR) is 173 cm³/mol. The van der Waals surface area contributed by atoms with E-state index in [9.17, 15) is 39.9 Å². The van der Waals surface area contributed by atoms with E-state index in [1.54, 1.807) is 32.3 Å². The van der Waals surface area contributed by atoms with Crippen LogP contribution in [0.25, 0.3) is 16.9 Å². The molecule has 244 valence electrons. The third-order valence-corrected chi connectivity index (χ3v) is 9.73. The number of benzene rings is 3. The van der Waals surface area contributed by atoms with Gasteiger partial charge >= 0.3 is 0 Å². The molecule has 1 saturated carbocycles. The van der Waals surface area contributed by atoms with Crippen LogP contribution in [0.15, 0.2) is 77.6 Å². The largest absolute Gasteiger partial charge is 0.508 e. The maximum absolute atomic E-state index is 14.1. The number of aromatic hydroxyl groups is 2. The first-order chi connectivity index (χ1) is 22.3. The Morgan fingerprint density at radius 3 is 2.26 bits per heavy atom. The molecule has 1 fully saturated rings. The van der Waals surface area contributed by atoms with Crippen molar-refractivity contribution < 1.29 is 39.9 Å². The number of fused-ring (bicyclic) bond motifs is 3. The van der Waals surface area contributed by atoms with Crippen LogP contribution in [0.1, 0.15) is 28.7 Å². The van der Waals surface area contributed by atoms with E-state index in [1.807, 2.05) is 36.4 Å². The number of aliphatic hydroxyl groups excluding tert-OH is 2. The summed E-state index contributed by atoms with van der Waals surface area (Å²) in [5, 5.41) is 58.1. The van der Waals surface area contributed by atoms with Crippen LogP contribution in [-0.2, 0) is 33.8 Å². The summed E-state index contributed by atoms with van der Waals surface area (Å²) >= 11 is 0. The Labute approximate surface area is 271 Å². The van der Waals surface area contributed by atoms with Gasteiger partial charge in [0, 0.05) is 18.0 Å². The van der Waals surface area contributed by atoms with Crippen LogP contribution < -0.4 is 11.1 Å². The molecule has 11 nitrogen and oxygen atoms in total. The zero-order chi connectivity index (χ0) is 33.8. The lowest BCUT2D eigenvalue weighted by Crippen LogP contribution is -2.65. The van der Waals surface area contributed by atoms with Gasteiger partial charge in [0.1, 0.15) is 28.6 Å². The number of hydrogen-bond acceptors (Lipinski definition) is 10. The molecule has 0 bridgehead atoms. The van der Waals surface area contributed by atoms with Crippen molar-refractivity contribution in [3.8, 4) is 22.6 Å². The fourth-order valence-corrected chi connectivity index (χ4v) is 7.44. The van der Waals surface area contributed by atoms with Gasteiger partial charge in [0.25, 0.3) is 5.91 Å². The molecule has 0 aromatic heterocycles. The number of hydrogen-bond donors (Lipinski definition) is 7. The Morgan fingerprint density at radius 1 is 0.957 bits per heavy atom. The number of aliphatic hydroxyl groups is 3. The van der Waals surface area contributed by atoms with Gasteiger partial charge in [-0.1, -0.05) is 42.5 Å². The number of Topliss-reactive ketones (excluding diaryl/α,β-unsaturated/α-hetero) is 2. The number of ketones is 2. The van der Waals surface area contributed by atoms with Gasteiger partial charge in [-0.25, -0.2) is 0 Å². The standard InChI is InChI=1S/C36H37N3O8/c1-39(2)30-25-16-21-15-24-23(20-7-3-19(4-8-20)17-38-14-13-18-5-9-22(40)10-6-18)11-12-26(41)28(24)31(42)27(21)33(44)36(25,47)34(45)29(32(30)43)35(37)46/h3-12,21,25,30,38,40-42,45,47H,13-17H2,1-2H3,(H2,37,46)/t21-,25-,30-,36-/m1/s1. The minimum absolute atomic E-state index is 0.0234. The van der Waals surface area contributed by atoms with Gasteiger partial charge in [0.2, 0.25) is 5.78 Å². The molecular weight excluding hydrogens is 602 g/mol. The number of amides is 1. The lowest BCUT2D eigenvalue weighted by molar-refractivity contribution is -0.153. The molecule has 3 aliphatic rings. The molecule has 4 atom stereocenters. The van der Waals surface area contributed by atoms with Crippen molar-refractivity contribution in [2.45, 2.75) is 37.5 Å². The van der Waals surface area contributed by atoms with Crippen molar-refractivity contribution in [2.24, 2.45) is 17.6 Å². The first-order valence-corrected chi connectivity index (χ1v) is 15.4. The summed E-state index contributed by atoms with van der Waals surface area (Å²) < 4.78 is 0. The predicted octanol–water partition coefficient (Wildman–Crippen LogP) is 2.67. The third kappa shape index (κ3) is 5.26. The van der Waals surface area contributed by atoms with Crippen LogP contribution >= 0.6 is 0 Å². The summed E-state index contributed by atoms with van der Waals surface area (Å²) in [4.78, 5) is 41.0. The second kappa shape index (κ2) is 12.0. The van der Waals surface area contributed by atoms with Gasteiger partial charge < -0.3 is 36.6 Å². The number of nitrogens with one attached hydrogen (secondary N) is 1. The molecule has 3 aromatic carbocycles. The maximum Gasteiger partial charge on any atom is 0.255 e. The van der Waals surface area contributed by atoms with Crippen LogP contribution in [0.3, 0.4) is 0 Å². The molecule has 11 heteroatoms. The van der Waals surface area contributed by atoms with E-state index in [1.165, 1.54) is 11.0 Å². The van der Waals surface area contributed by atoms with Gasteiger partial charge in [0.15, 0.2) is 11.4 Å². The summed E-state index contributed by atoms with van der Waals surface area (Å²) in [7, 11) is 3.14. The Kier molecular flexibility index (Phi) is 8.17. The smallest absolute Gasteiger partial charge is 0.255 e. The zero-order valence-corrected chi connectivity index (χ0v) is 26.0. The number of carbonyl (C=O) groups excluding carboxylic acids is 3. The highest BCUT2D eigenvalue weighted by atomic mass is 16.3. The van der Waals surface area contributed by atoms with Crippen molar-refractivity contribution in [3.05, 3.63) is 99.8 Å². The Bertz CT molecular complexity index is 1840. The molecule has 6 rings (SSSR count). The highest BCUT2D eigenvalue weighted by Crippen LogP contribution is 2.53. The monoisotopic (exact) mass is 639 g/mol. The van der Waals surface area contributed by atoms with Crippen LogP contribution in [0, 0.1) is 11.8 Å². The Hall–Kier alpha value is -4.97. The average Bonchev–Trinajstić information content (AvgIpc) is 3.02. The number of primary amides is 1. The highest BCUT2D eigenvalue weighted by Gasteiger charge is 2.64. The van der Waals surface area contributed by atoms with Gasteiger partial charge in [-0.3, -0.25) is 19.3 Å². The van der Waals surface area contributed by atoms with Crippen LogP contribution in [0.4, 0.5) is 0 Å². The van der Waals surface area contributed by atoms with E-state index in [2.05, 4.69) is 5.32 Å². The van der Waals surface area contributed by atoms with Gasteiger partial charge in [-0.15, -0.1) is 0 Å². The molecule has 1 amide bonds. The first kappa shape index (κ1) is 32.0. The van der Waals surface area contributed by atoms with Gasteiger partial charge in [0.05, 0.1) is 11.6 Å². The van der Waals surface area contributed by atoms with E-state index in [-0.39, 0.29) is 35.5 Å². The molecule has 3 aromatic rings. The summed E-state index contributed by atoms with van der Waals surface area (Å²) in [6.45, 7) is 1.39. The van der Waals surface area contributed by atoms with Crippen molar-refractivity contribution in [1.82, 2.24) is 10.2 Å². The van der Waals surface area contributed by atoms with Crippen molar-refractivity contribution in [3.63, 3.8) is 0 Å². The van der Waals surface area contributed by atoms with Crippen molar-refractivity contribution in [2.75, 3.05) is 20.6 Å². The molecule has 3 aliphatic carbocycles. The van der Waals surface area contributed by atoms with E-state index in [4.69, 9.17) is 5.73 Å². The Morgan fingerprint density at radius 2 is 1.62 bits per heavy atom. The molecule has 0 radical (unpaired) electrons. The molecule has 0 saturated heterocycles. The van der Waals surface area contributed by atoms with Crippen molar-refractivity contribution in [1.29, 1.82) is 0 Å². The van der Waals surface area contributed by atoms with Crippen LogP contribution in [0.2, 0.25) is 0 Å². The second-order valence-corrected chi connectivity index (χ2v) is 12.7. The van der Waals surface area contributed by atoms with Crippen LogP contribution in [-0.4, -0.2) is 80.2 Å². The lowest BCUT2D eigenvalue weighted by Gasteiger charge is -2.50. The molecule has 0 heterocycles. The fourth-order valence-electron chi connectivity index (χ4n) is 7.44. The van der Waals surface area contributed by atoms with Gasteiger partial charge in [-0.05, 0) is 91.8 Å². The number of phenolic OH excluding ortho intramolecular Hbond substituents is 2. The SMILES string of the molecule is CN(C)[C@H]1C(=O)C(C(N)=O)=C(O)[C@]2(O)C(=O)C3=C(O)c4c(O)ccc(-c5ccc(CNCCc6ccc(O)cc6)cc5)c4C[C@@H]3C[C@H]12. The number of nitrogens with zero attached hydrogens (tertiary/aromatic N) is 1. The number of likely N-dealkylation sites (N-methyl/N-ethyl adjacent to an activating group) is 1. The summed E-state index contributed by atoms with van der Waals surface area (Å²) in [5.41, 5.74) is 6.09. The van der Waals surface area contributed by atoms with E-state index >= 15 is 0 Å². The molecule has 8 N–H and O–H groups in total. The second-order valence-electron chi connectivity index (χ2n) is 12.7. The summed E-state index contributed by atoms with van der Waals surface area (Å²) in [6.07, 6.45) is 1.04. The third-order valence-electron chi connectivity index (χ3n) is 9.73. The minimum Gasteiger partial charge on any atom is -0.508 e.